The van der Waals surface area contributed by atoms with Gasteiger partial charge in [0.25, 0.3) is 5.56 Å². The fraction of sp³-hybridized carbons (Fsp3) is 0.217. The van der Waals surface area contributed by atoms with Gasteiger partial charge in [0.05, 0.1) is 30.5 Å². The van der Waals surface area contributed by atoms with E-state index in [0.717, 1.165) is 16.7 Å². The topological polar surface area (TPSA) is 73.5 Å². The second-order valence-corrected chi connectivity index (χ2v) is 7.44. The quantitative estimate of drug-likeness (QED) is 0.598. The van der Waals surface area contributed by atoms with Gasteiger partial charge in [-0.05, 0) is 36.8 Å². The zero-order valence-electron chi connectivity index (χ0n) is 16.6. The van der Waals surface area contributed by atoms with E-state index in [2.05, 4.69) is 4.98 Å². The number of benzene rings is 1. The van der Waals surface area contributed by atoms with Crippen molar-refractivity contribution in [2.24, 2.45) is 12.0 Å². The van der Waals surface area contributed by atoms with Crippen LogP contribution in [0.1, 0.15) is 36.1 Å². The largest absolute Gasteiger partial charge is 0.466 e. The lowest BCUT2D eigenvalue weighted by Crippen LogP contribution is -2.19. The maximum Gasteiger partial charge on any atom is 0.308 e. The summed E-state index contributed by atoms with van der Waals surface area (Å²) in [6.07, 6.45) is 3.49. The molecule has 152 valence electrons. The average Bonchev–Trinajstić information content (AvgIpc) is 2.85. The van der Waals surface area contributed by atoms with Gasteiger partial charge in [-0.25, -0.2) is 0 Å². The number of aliphatic imine (C=N–C) groups is 1. The van der Waals surface area contributed by atoms with E-state index in [9.17, 15) is 9.59 Å². The molecule has 0 radical (unpaired) electrons. The molecule has 1 atom stereocenters. The van der Waals surface area contributed by atoms with Crippen LogP contribution in [0.15, 0.2) is 64.6 Å². The Morgan fingerprint density at radius 3 is 2.70 bits per heavy atom. The highest BCUT2D eigenvalue weighted by Crippen LogP contribution is 2.37. The molecule has 7 heteroatoms. The summed E-state index contributed by atoms with van der Waals surface area (Å²) in [4.78, 5) is 34.3. The highest BCUT2D eigenvalue weighted by Gasteiger charge is 2.28. The number of aryl methyl sites for hydroxylation is 1. The van der Waals surface area contributed by atoms with E-state index in [0.29, 0.717) is 22.0 Å². The van der Waals surface area contributed by atoms with Gasteiger partial charge in [-0.15, -0.1) is 0 Å². The lowest BCUT2D eigenvalue weighted by Gasteiger charge is -2.15. The predicted octanol–water partition coefficient (Wildman–Crippen LogP) is 3.95. The molecule has 0 saturated heterocycles. The zero-order chi connectivity index (χ0) is 21.3. The highest BCUT2D eigenvalue weighted by molar-refractivity contribution is 6.30. The van der Waals surface area contributed by atoms with Gasteiger partial charge in [0.1, 0.15) is 0 Å². The van der Waals surface area contributed by atoms with Gasteiger partial charge >= 0.3 is 5.97 Å². The van der Waals surface area contributed by atoms with E-state index in [1.165, 1.54) is 10.6 Å². The van der Waals surface area contributed by atoms with Crippen molar-refractivity contribution >= 4 is 23.3 Å². The molecule has 0 fully saturated rings. The first-order valence-corrected chi connectivity index (χ1v) is 10.0. The number of halogens is 1. The Morgan fingerprint density at radius 2 is 1.97 bits per heavy atom. The smallest absolute Gasteiger partial charge is 0.308 e. The monoisotopic (exact) mass is 421 g/mol. The van der Waals surface area contributed by atoms with E-state index < -0.39 is 6.04 Å². The minimum atomic E-state index is -0.576. The van der Waals surface area contributed by atoms with Crippen LogP contribution in [0, 0.1) is 0 Å². The number of rotatable bonds is 4. The molecule has 1 aromatic carbocycles. The molecule has 6 nitrogen and oxygen atoms in total. The number of ether oxygens (including phenoxy) is 1. The number of pyridine rings is 2. The summed E-state index contributed by atoms with van der Waals surface area (Å²) < 4.78 is 6.67. The van der Waals surface area contributed by atoms with Gasteiger partial charge in [0.15, 0.2) is 0 Å². The van der Waals surface area contributed by atoms with Gasteiger partial charge in [-0.3, -0.25) is 19.6 Å². The van der Waals surface area contributed by atoms with E-state index in [4.69, 9.17) is 21.3 Å². The van der Waals surface area contributed by atoms with Crippen molar-refractivity contribution in [2.75, 3.05) is 6.61 Å². The van der Waals surface area contributed by atoms with Crippen LogP contribution in [0.5, 0.6) is 0 Å². The summed E-state index contributed by atoms with van der Waals surface area (Å²) in [6.45, 7) is 2.04. The molecule has 0 saturated carbocycles. The Bertz CT molecular complexity index is 1200. The number of carbonyl (C=O) groups excluding carboxylic acids is 1. The molecule has 0 amide bonds. The van der Waals surface area contributed by atoms with E-state index in [-0.39, 0.29) is 24.6 Å². The molecule has 0 spiro atoms. The third kappa shape index (κ3) is 3.78. The number of aromatic nitrogens is 2. The molecule has 1 aliphatic rings. The summed E-state index contributed by atoms with van der Waals surface area (Å²) in [7, 11) is 1.69. The van der Waals surface area contributed by atoms with Crippen molar-refractivity contribution in [3.8, 4) is 11.3 Å². The Kier molecular flexibility index (Phi) is 5.50. The van der Waals surface area contributed by atoms with Crippen molar-refractivity contribution in [2.45, 2.75) is 19.4 Å². The van der Waals surface area contributed by atoms with Crippen LogP contribution in [0.2, 0.25) is 5.02 Å². The van der Waals surface area contributed by atoms with Crippen molar-refractivity contribution < 1.29 is 9.53 Å². The average molecular weight is 422 g/mol. The van der Waals surface area contributed by atoms with Crippen molar-refractivity contribution in [3.63, 3.8) is 0 Å². The first kappa shape index (κ1) is 20.0. The normalized spacial score (nSPS) is 14.9. The molecule has 3 heterocycles. The summed E-state index contributed by atoms with van der Waals surface area (Å²) in [5.41, 5.74) is 4.33. The van der Waals surface area contributed by atoms with E-state index in [1.54, 1.807) is 38.5 Å². The summed E-state index contributed by atoms with van der Waals surface area (Å²) in [5.74, 6) is -0.368. The van der Waals surface area contributed by atoms with Gasteiger partial charge in [-0.2, -0.15) is 0 Å². The Morgan fingerprint density at radius 1 is 1.20 bits per heavy atom. The highest BCUT2D eigenvalue weighted by atomic mass is 35.5. The van der Waals surface area contributed by atoms with Gasteiger partial charge in [0, 0.05) is 47.2 Å². The molecule has 30 heavy (non-hydrogen) atoms. The number of fused-ring (bicyclic) bond motifs is 3. The second kappa shape index (κ2) is 8.24. The molecule has 0 bridgehead atoms. The summed E-state index contributed by atoms with van der Waals surface area (Å²) in [5, 5.41) is 0.619. The van der Waals surface area contributed by atoms with Crippen LogP contribution in [-0.4, -0.2) is 27.8 Å². The first-order chi connectivity index (χ1) is 14.5. The Hall–Kier alpha value is -3.25. The number of carbonyl (C=O) groups is 1. The predicted molar refractivity (Wildman–Crippen MR) is 116 cm³/mol. The maximum absolute atomic E-state index is 12.4. The van der Waals surface area contributed by atoms with E-state index in [1.807, 2.05) is 24.3 Å². The van der Waals surface area contributed by atoms with Crippen LogP contribution >= 0.6 is 11.6 Å². The summed E-state index contributed by atoms with van der Waals surface area (Å²) >= 11 is 6.07. The van der Waals surface area contributed by atoms with Crippen LogP contribution < -0.4 is 5.56 Å². The fourth-order valence-electron chi connectivity index (χ4n) is 3.60. The third-order valence-corrected chi connectivity index (χ3v) is 5.26. The van der Waals surface area contributed by atoms with Crippen LogP contribution in [-0.2, 0) is 16.6 Å². The minimum Gasteiger partial charge on any atom is -0.466 e. The number of hydrogen-bond acceptors (Lipinski definition) is 5. The molecule has 0 N–H and O–H groups in total. The van der Waals surface area contributed by atoms with Gasteiger partial charge < -0.3 is 9.30 Å². The van der Waals surface area contributed by atoms with E-state index >= 15 is 0 Å². The second-order valence-electron chi connectivity index (χ2n) is 7.00. The van der Waals surface area contributed by atoms with Crippen LogP contribution in [0.25, 0.3) is 11.3 Å². The van der Waals surface area contributed by atoms with Gasteiger partial charge in [-0.1, -0.05) is 23.7 Å². The standard InChI is InChI=1S/C23H20ClN3O3/c1-3-30-21(29)12-19-17-11-20(28)27(2)13-18(17)23-16(5-4-10-25-23)22(26-19)14-6-8-15(24)9-7-14/h4-11,13,19H,3,12H2,1-2H3. The maximum atomic E-state index is 12.4. The van der Waals surface area contributed by atoms with Crippen LogP contribution in [0.4, 0.5) is 0 Å². The SMILES string of the molecule is CCOC(=O)CC1N=C(c2ccc(Cl)cc2)c2cccnc2-c2cn(C)c(=O)cc21. The lowest BCUT2D eigenvalue weighted by molar-refractivity contribution is -0.143. The molecular formula is C23H20ClN3O3. The lowest BCUT2D eigenvalue weighted by atomic mass is 9.96. The molecule has 1 aliphatic heterocycles. The molecule has 4 rings (SSSR count). The third-order valence-electron chi connectivity index (χ3n) is 5.01. The number of nitrogens with zero attached hydrogens (tertiary/aromatic N) is 3. The van der Waals surface area contributed by atoms with Crippen LogP contribution in [0.3, 0.4) is 0 Å². The van der Waals surface area contributed by atoms with Crippen molar-refractivity contribution in [3.05, 3.63) is 86.9 Å². The van der Waals surface area contributed by atoms with Gasteiger partial charge in [0.2, 0.25) is 0 Å². The van der Waals surface area contributed by atoms with Crippen molar-refractivity contribution in [1.29, 1.82) is 0 Å². The molecule has 1 unspecified atom stereocenters. The first-order valence-electron chi connectivity index (χ1n) is 9.63. The molecule has 3 aromatic rings. The number of esters is 1. The summed E-state index contributed by atoms with van der Waals surface area (Å²) in [6, 6.07) is 12.1. The molecular weight excluding hydrogens is 402 g/mol. The Labute approximate surface area is 178 Å². The zero-order valence-corrected chi connectivity index (χ0v) is 17.4. The minimum absolute atomic E-state index is 0.0269. The molecule has 0 aliphatic carbocycles. The van der Waals surface area contributed by atoms with Crippen molar-refractivity contribution in [1.82, 2.24) is 9.55 Å². The molecule has 2 aromatic heterocycles. The number of hydrogen-bond donors (Lipinski definition) is 0. The Balaban J connectivity index is 1.98. The fourth-order valence-corrected chi connectivity index (χ4v) is 3.72.